The smallest absolute Gasteiger partial charge is 0.264 e. The van der Waals surface area contributed by atoms with Crippen LogP contribution in [0.2, 0.25) is 0 Å². The summed E-state index contributed by atoms with van der Waals surface area (Å²) in [4.78, 5) is 40.2. The molecule has 1 unspecified atom stereocenters. The normalized spacial score (nSPS) is 17.5. The number of thiazole rings is 1. The summed E-state index contributed by atoms with van der Waals surface area (Å²) in [6, 6.07) is 10.1. The number of piperidine rings is 1. The minimum Gasteiger partial charge on any atom is -0.396 e. The van der Waals surface area contributed by atoms with E-state index in [9.17, 15) is 23.5 Å². The lowest BCUT2D eigenvalue weighted by atomic mass is 9.97. The monoisotopic (exact) mass is 658 g/mol. The van der Waals surface area contributed by atoms with Crippen molar-refractivity contribution in [1.29, 1.82) is 0 Å². The van der Waals surface area contributed by atoms with Gasteiger partial charge in [-0.15, -0.1) is 11.3 Å². The van der Waals surface area contributed by atoms with E-state index < -0.39 is 24.3 Å². The summed E-state index contributed by atoms with van der Waals surface area (Å²) in [5, 5.41) is 14.3. The van der Waals surface area contributed by atoms with Gasteiger partial charge in [0, 0.05) is 54.6 Å². The van der Waals surface area contributed by atoms with Crippen LogP contribution in [0.5, 0.6) is 0 Å². The molecule has 1 fully saturated rings. The van der Waals surface area contributed by atoms with E-state index in [1.54, 1.807) is 30.0 Å². The van der Waals surface area contributed by atoms with Crippen molar-refractivity contribution in [2.75, 3.05) is 25.0 Å². The summed E-state index contributed by atoms with van der Waals surface area (Å²) >= 11 is 1.25. The van der Waals surface area contributed by atoms with Gasteiger partial charge in [0.05, 0.1) is 12.0 Å². The largest absolute Gasteiger partial charge is 0.396 e. The van der Waals surface area contributed by atoms with Crippen LogP contribution in [0.15, 0.2) is 54.3 Å². The maximum absolute atomic E-state index is 14.5. The van der Waals surface area contributed by atoms with E-state index in [-0.39, 0.29) is 29.8 Å². The zero-order chi connectivity index (χ0) is 32.5. The fraction of sp³-hybridized carbons (Fsp3) is 0.371. The van der Waals surface area contributed by atoms with Gasteiger partial charge < -0.3 is 14.6 Å². The maximum Gasteiger partial charge on any atom is 0.264 e. The minimum absolute atomic E-state index is 0.126. The highest BCUT2D eigenvalue weighted by Crippen LogP contribution is 2.39. The lowest BCUT2D eigenvalue weighted by Gasteiger charge is -2.31. The molecule has 0 spiro atoms. The number of aryl methyl sites for hydroxylation is 1. The zero-order valence-corrected chi connectivity index (χ0v) is 26.6. The molecule has 0 radical (unpaired) electrons. The molecule has 4 aromatic rings. The number of likely N-dealkylation sites (tertiary alicyclic amines) is 1. The average Bonchev–Trinajstić information content (AvgIpc) is 3.89. The van der Waals surface area contributed by atoms with Crippen LogP contribution in [0, 0.1) is 5.92 Å². The van der Waals surface area contributed by atoms with E-state index in [1.807, 2.05) is 22.8 Å². The number of hydrogen-bond donors (Lipinski definition) is 2. The number of carbonyl (C=O) groups excluding carboxylic acids is 2. The Hall–Kier alpha value is -4.26. The van der Waals surface area contributed by atoms with Crippen molar-refractivity contribution < 1.29 is 23.5 Å². The average molecular weight is 659 g/mol. The molecule has 2 aromatic heterocycles. The molecule has 244 valence electrons. The first kappa shape index (κ1) is 31.3. The Morgan fingerprint density at radius 1 is 1.09 bits per heavy atom. The first-order valence-corrected chi connectivity index (χ1v) is 16.9. The number of fused-ring (bicyclic) bond motifs is 2. The number of anilines is 1. The molecule has 5 heterocycles. The predicted molar refractivity (Wildman–Crippen MR) is 176 cm³/mol. The second-order valence-corrected chi connectivity index (χ2v) is 13.3. The number of amides is 2. The van der Waals surface area contributed by atoms with Crippen molar-refractivity contribution in [3.8, 4) is 0 Å². The van der Waals surface area contributed by atoms with E-state index >= 15 is 0 Å². The van der Waals surface area contributed by atoms with Crippen LogP contribution in [-0.4, -0.2) is 61.0 Å². The minimum atomic E-state index is -2.80. The highest BCUT2D eigenvalue weighted by Gasteiger charge is 2.42. The zero-order valence-electron chi connectivity index (χ0n) is 25.8. The van der Waals surface area contributed by atoms with Gasteiger partial charge in [0.25, 0.3) is 18.2 Å². The van der Waals surface area contributed by atoms with Crippen LogP contribution in [0.3, 0.4) is 0 Å². The van der Waals surface area contributed by atoms with Gasteiger partial charge in [0.15, 0.2) is 11.2 Å². The van der Waals surface area contributed by atoms with Gasteiger partial charge in [-0.2, -0.15) is 0 Å². The van der Waals surface area contributed by atoms with Crippen LogP contribution in [0.25, 0.3) is 12.2 Å². The van der Waals surface area contributed by atoms with Gasteiger partial charge in [-0.05, 0) is 79.1 Å². The van der Waals surface area contributed by atoms with Gasteiger partial charge in [-0.1, -0.05) is 36.4 Å². The molecule has 7 rings (SSSR count). The third kappa shape index (κ3) is 6.50. The molecule has 0 aliphatic carbocycles. The Kier molecular flexibility index (Phi) is 8.98. The first-order valence-electron chi connectivity index (χ1n) is 16.0. The van der Waals surface area contributed by atoms with E-state index in [1.165, 1.54) is 27.9 Å². The number of carbonyl (C=O) groups is 2. The van der Waals surface area contributed by atoms with Crippen LogP contribution in [-0.2, 0) is 30.8 Å². The summed E-state index contributed by atoms with van der Waals surface area (Å²) in [6.45, 7) is 3.68. The molecule has 3 aliphatic heterocycles. The maximum atomic E-state index is 14.5. The van der Waals surface area contributed by atoms with Crippen LogP contribution >= 0.6 is 11.3 Å². The number of halogens is 2. The number of hydrogen-bond acceptors (Lipinski definition) is 7. The van der Waals surface area contributed by atoms with Crippen LogP contribution in [0.4, 0.5) is 13.9 Å². The SMILES string of the molecule is O=C(Nc1nccs1)C(c1ncn2c1CCC2)N1Cc2c(cc(C=Cc3ccc(CN4CCC(CO)CC4)cc3)cc2C(F)F)C1=O. The van der Waals surface area contributed by atoms with Gasteiger partial charge in [0.1, 0.15) is 0 Å². The summed E-state index contributed by atoms with van der Waals surface area (Å²) in [6.07, 6.45) is 7.67. The van der Waals surface area contributed by atoms with Crippen molar-refractivity contribution >= 4 is 40.4 Å². The quantitative estimate of drug-likeness (QED) is 0.205. The molecule has 9 nitrogen and oxygen atoms in total. The highest BCUT2D eigenvalue weighted by atomic mass is 32.1. The Labute approximate surface area is 275 Å². The van der Waals surface area contributed by atoms with Crippen LogP contribution in [0.1, 0.15) is 81.3 Å². The van der Waals surface area contributed by atoms with Crippen LogP contribution < -0.4 is 5.32 Å². The number of aliphatic hydroxyl groups excluding tert-OH is 1. The third-order valence-electron chi connectivity index (χ3n) is 9.45. The molecule has 12 heteroatoms. The number of rotatable bonds is 10. The lowest BCUT2D eigenvalue weighted by Crippen LogP contribution is -2.38. The number of benzene rings is 2. The predicted octanol–water partition coefficient (Wildman–Crippen LogP) is 5.93. The number of nitrogens with one attached hydrogen (secondary N) is 1. The topological polar surface area (TPSA) is 104 Å². The number of imidazole rings is 1. The standard InChI is InChI=1S/C35H36F2N6O3S/c36-32(37)26-16-25(8-5-22-3-6-23(7-4-22)18-41-13-9-24(20-44)10-14-41)17-27-28(26)19-43(34(27)46)31(33(45)40-35-38-11-15-47-35)30-29-2-1-12-42(29)21-39-30/h3-8,11,15-17,21,24,31-32,44H,1-2,9-10,12-14,18-20H2,(H,38,40,45). The molecular formula is C35H36F2N6O3S. The van der Waals surface area contributed by atoms with E-state index in [2.05, 4.69) is 32.3 Å². The Morgan fingerprint density at radius 2 is 1.87 bits per heavy atom. The number of nitrogens with zero attached hydrogens (tertiary/aromatic N) is 5. The van der Waals surface area contributed by atoms with Crippen molar-refractivity contribution in [2.45, 2.75) is 57.8 Å². The van der Waals surface area contributed by atoms with Gasteiger partial charge >= 0.3 is 0 Å². The molecule has 2 aromatic carbocycles. The highest BCUT2D eigenvalue weighted by molar-refractivity contribution is 7.13. The molecule has 2 N–H and O–H groups in total. The molecular weight excluding hydrogens is 622 g/mol. The summed E-state index contributed by atoms with van der Waals surface area (Å²) in [5.41, 5.74) is 4.11. The van der Waals surface area contributed by atoms with Crippen molar-refractivity contribution in [3.63, 3.8) is 0 Å². The Morgan fingerprint density at radius 3 is 2.60 bits per heavy atom. The second kappa shape index (κ2) is 13.5. The second-order valence-electron chi connectivity index (χ2n) is 12.4. The summed E-state index contributed by atoms with van der Waals surface area (Å²) in [7, 11) is 0. The van der Waals surface area contributed by atoms with E-state index in [0.717, 1.165) is 56.7 Å². The van der Waals surface area contributed by atoms with Crippen molar-refractivity contribution in [2.24, 2.45) is 5.92 Å². The fourth-order valence-electron chi connectivity index (χ4n) is 6.90. The summed E-state index contributed by atoms with van der Waals surface area (Å²) < 4.78 is 31.0. The molecule has 0 saturated carbocycles. The first-order chi connectivity index (χ1) is 22.9. The molecule has 2 amide bonds. The van der Waals surface area contributed by atoms with Crippen molar-refractivity contribution in [1.82, 2.24) is 24.3 Å². The Bertz CT molecular complexity index is 1780. The third-order valence-corrected chi connectivity index (χ3v) is 10.1. The van der Waals surface area contributed by atoms with Crippen molar-refractivity contribution in [3.05, 3.63) is 99.1 Å². The molecule has 1 saturated heterocycles. The molecule has 47 heavy (non-hydrogen) atoms. The number of aliphatic hydroxyl groups is 1. The lowest BCUT2D eigenvalue weighted by molar-refractivity contribution is -0.121. The summed E-state index contributed by atoms with van der Waals surface area (Å²) in [5.74, 6) is -0.566. The number of aromatic nitrogens is 3. The van der Waals surface area contributed by atoms with Gasteiger partial charge in [-0.3, -0.25) is 19.8 Å². The Balaban J connectivity index is 1.12. The van der Waals surface area contributed by atoms with Gasteiger partial charge in [-0.25, -0.2) is 18.7 Å². The van der Waals surface area contributed by atoms with E-state index in [0.29, 0.717) is 28.7 Å². The molecule has 0 bridgehead atoms. The van der Waals surface area contributed by atoms with Gasteiger partial charge in [0.2, 0.25) is 0 Å². The fourth-order valence-corrected chi connectivity index (χ4v) is 7.43. The molecule has 1 atom stereocenters. The molecule has 3 aliphatic rings. The number of alkyl halides is 2. The van der Waals surface area contributed by atoms with E-state index in [4.69, 9.17) is 0 Å².